The van der Waals surface area contributed by atoms with Gasteiger partial charge in [-0.2, -0.15) is 0 Å². The number of anilines is 1. The van der Waals surface area contributed by atoms with E-state index in [0.717, 1.165) is 16.1 Å². The number of nitrogens with zero attached hydrogens (tertiary/aromatic N) is 2. The van der Waals surface area contributed by atoms with Gasteiger partial charge in [0.05, 0.1) is 17.1 Å². The molecule has 1 amide bonds. The van der Waals surface area contributed by atoms with Crippen LogP contribution < -0.4 is 14.8 Å². The van der Waals surface area contributed by atoms with Crippen molar-refractivity contribution in [3.8, 4) is 11.5 Å². The van der Waals surface area contributed by atoms with Gasteiger partial charge in [0.15, 0.2) is 17.3 Å². The summed E-state index contributed by atoms with van der Waals surface area (Å²) in [7, 11) is 0. The topological polar surface area (TPSA) is 89.9 Å². The van der Waals surface area contributed by atoms with E-state index < -0.39 is 0 Å². The number of ketones is 1. The molecule has 1 aliphatic rings. The largest absolute Gasteiger partial charge is 0.454 e. The fraction of sp³-hybridized carbons (Fsp3) is 0.130. The van der Waals surface area contributed by atoms with Crippen LogP contribution in [-0.4, -0.2) is 35.4 Å². The van der Waals surface area contributed by atoms with E-state index in [1.807, 2.05) is 30.3 Å². The van der Waals surface area contributed by atoms with Crippen LogP contribution in [-0.2, 0) is 4.79 Å². The van der Waals surface area contributed by atoms with Gasteiger partial charge < -0.3 is 14.8 Å². The van der Waals surface area contributed by atoms with Gasteiger partial charge in [0.2, 0.25) is 12.7 Å². The summed E-state index contributed by atoms with van der Waals surface area (Å²) < 4.78 is 10.6. The monoisotopic (exact) mass is 467 g/mol. The summed E-state index contributed by atoms with van der Waals surface area (Å²) >= 11 is 7.40. The summed E-state index contributed by atoms with van der Waals surface area (Å²) in [6, 6.07) is 14.3. The molecule has 1 aliphatic heterocycles. The number of rotatable bonds is 7. The highest BCUT2D eigenvalue weighted by molar-refractivity contribution is 8.00. The fourth-order valence-electron chi connectivity index (χ4n) is 2.94. The molecule has 1 N–H and O–H groups in total. The molecule has 0 bridgehead atoms. The predicted octanol–water partition coefficient (Wildman–Crippen LogP) is 5.15. The molecular formula is C23H18ClN3O4S. The molecule has 2 aromatic carbocycles. The lowest BCUT2D eigenvalue weighted by molar-refractivity contribution is -0.113. The maximum Gasteiger partial charge on any atom is 0.234 e. The predicted molar refractivity (Wildman–Crippen MR) is 125 cm³/mol. The van der Waals surface area contributed by atoms with Gasteiger partial charge in [0, 0.05) is 34.5 Å². The summed E-state index contributed by atoms with van der Waals surface area (Å²) in [5.74, 6) is 0.775. The third-order valence-corrected chi connectivity index (χ3v) is 5.84. The molecule has 9 heteroatoms. The van der Waals surface area contributed by atoms with Crippen LogP contribution in [0.3, 0.4) is 0 Å². The van der Waals surface area contributed by atoms with Crippen LogP contribution in [0.15, 0.2) is 64.6 Å². The zero-order valence-corrected chi connectivity index (χ0v) is 18.6. The van der Waals surface area contributed by atoms with Crippen LogP contribution in [0, 0.1) is 0 Å². The molecule has 0 saturated heterocycles. The zero-order valence-electron chi connectivity index (χ0n) is 17.0. The number of hydrogen-bond acceptors (Lipinski definition) is 7. The van der Waals surface area contributed by atoms with Crippen molar-refractivity contribution < 1.29 is 19.1 Å². The van der Waals surface area contributed by atoms with Gasteiger partial charge in [-0.15, -0.1) is 11.8 Å². The number of Topliss-reactive ketones (excluding diaryl/α,β-unsaturated/α-hetero) is 1. The Morgan fingerprint density at radius 1 is 1.19 bits per heavy atom. The maximum absolute atomic E-state index is 12.5. The molecule has 0 aliphatic carbocycles. The number of halogens is 1. The summed E-state index contributed by atoms with van der Waals surface area (Å²) in [5.41, 5.74) is 2.28. The highest BCUT2D eigenvalue weighted by Gasteiger charge is 2.20. The van der Waals surface area contributed by atoms with Crippen molar-refractivity contribution in [3.63, 3.8) is 0 Å². The van der Waals surface area contributed by atoms with Crippen molar-refractivity contribution in [2.75, 3.05) is 17.9 Å². The first kappa shape index (κ1) is 21.9. The number of benzene rings is 2. The second-order valence-corrected chi connectivity index (χ2v) is 8.19. The zero-order chi connectivity index (χ0) is 22.5. The van der Waals surface area contributed by atoms with Gasteiger partial charge in [0.1, 0.15) is 5.15 Å². The Bertz CT molecular complexity index is 1200. The second-order valence-electron chi connectivity index (χ2n) is 6.78. The minimum Gasteiger partial charge on any atom is -0.454 e. The van der Waals surface area contributed by atoms with Crippen LogP contribution in [0.1, 0.15) is 22.8 Å². The smallest absolute Gasteiger partial charge is 0.234 e. The standard InChI is InChI=1S/C23H18ClN3O4S/c1-14(28)18-9-20-21(31-13-30-20)10-19(18)27-22(29)12-32-17-6-4-16(5-7-17)26-11-15-3-2-8-25-23(15)24/h2-11H,12-13H2,1H3,(H,27,29). The molecular weight excluding hydrogens is 450 g/mol. The molecule has 0 radical (unpaired) electrons. The third kappa shape index (κ3) is 5.27. The van der Waals surface area contributed by atoms with E-state index in [-0.39, 0.29) is 24.2 Å². The number of aromatic nitrogens is 1. The Balaban J connectivity index is 1.36. The average molecular weight is 468 g/mol. The fourth-order valence-corrected chi connectivity index (χ4v) is 3.81. The number of fused-ring (bicyclic) bond motifs is 1. The number of carbonyl (C=O) groups is 2. The van der Waals surface area contributed by atoms with Gasteiger partial charge in [-0.05, 0) is 49.4 Å². The van der Waals surface area contributed by atoms with Crippen LogP contribution >= 0.6 is 23.4 Å². The minimum absolute atomic E-state index is 0.0925. The molecule has 0 saturated carbocycles. The van der Waals surface area contributed by atoms with Gasteiger partial charge in [-0.25, -0.2) is 4.98 Å². The Labute approximate surface area is 193 Å². The van der Waals surface area contributed by atoms with E-state index in [2.05, 4.69) is 15.3 Å². The van der Waals surface area contributed by atoms with E-state index in [1.54, 1.807) is 30.6 Å². The molecule has 2 heterocycles. The first-order valence-electron chi connectivity index (χ1n) is 9.61. The molecule has 4 rings (SSSR count). The molecule has 7 nitrogen and oxygen atoms in total. The molecule has 0 unspecified atom stereocenters. The molecule has 0 atom stereocenters. The molecule has 0 fully saturated rings. The van der Waals surface area contributed by atoms with Crippen molar-refractivity contribution in [3.05, 3.63) is 71.0 Å². The Morgan fingerprint density at radius 2 is 1.94 bits per heavy atom. The lowest BCUT2D eigenvalue weighted by Crippen LogP contribution is -2.16. The van der Waals surface area contributed by atoms with Gasteiger partial charge in [-0.3, -0.25) is 14.6 Å². The molecule has 162 valence electrons. The minimum atomic E-state index is -0.232. The Kier molecular flexibility index (Phi) is 6.72. The van der Waals surface area contributed by atoms with Crippen LogP contribution in [0.2, 0.25) is 5.15 Å². The van der Waals surface area contributed by atoms with Gasteiger partial charge >= 0.3 is 0 Å². The summed E-state index contributed by atoms with van der Waals surface area (Å²) in [4.78, 5) is 33.7. The van der Waals surface area contributed by atoms with Crippen LogP contribution in [0.4, 0.5) is 11.4 Å². The summed E-state index contributed by atoms with van der Waals surface area (Å²) in [5, 5.41) is 3.18. The van der Waals surface area contributed by atoms with Crippen LogP contribution in [0.5, 0.6) is 11.5 Å². The lowest BCUT2D eigenvalue weighted by atomic mass is 10.1. The molecule has 1 aromatic heterocycles. The molecule has 32 heavy (non-hydrogen) atoms. The van der Waals surface area contributed by atoms with Crippen molar-refractivity contribution >= 4 is 52.6 Å². The van der Waals surface area contributed by atoms with Crippen molar-refractivity contribution in [1.29, 1.82) is 0 Å². The number of pyridine rings is 1. The number of amides is 1. The number of nitrogens with one attached hydrogen (secondary N) is 1. The molecule has 0 spiro atoms. The quantitative estimate of drug-likeness (QED) is 0.224. The first-order valence-corrected chi connectivity index (χ1v) is 11.0. The van der Waals surface area contributed by atoms with E-state index in [9.17, 15) is 9.59 Å². The average Bonchev–Trinajstić information content (AvgIpc) is 3.25. The molecule has 3 aromatic rings. The SMILES string of the molecule is CC(=O)c1cc2c(cc1NC(=O)CSc1ccc(N=Cc3cccnc3Cl)cc1)OCO2. The van der Waals surface area contributed by atoms with Crippen molar-refractivity contribution in [2.24, 2.45) is 4.99 Å². The Morgan fingerprint density at radius 3 is 2.66 bits per heavy atom. The van der Waals surface area contributed by atoms with E-state index >= 15 is 0 Å². The summed E-state index contributed by atoms with van der Waals surface area (Å²) in [6.45, 7) is 1.53. The lowest BCUT2D eigenvalue weighted by Gasteiger charge is -2.10. The van der Waals surface area contributed by atoms with Gasteiger partial charge in [0.25, 0.3) is 0 Å². The number of ether oxygens (including phenoxy) is 2. The normalized spacial score (nSPS) is 12.2. The highest BCUT2D eigenvalue weighted by atomic mass is 35.5. The summed E-state index contributed by atoms with van der Waals surface area (Å²) in [6.07, 6.45) is 3.28. The third-order valence-electron chi connectivity index (χ3n) is 4.51. The maximum atomic E-state index is 12.5. The van der Waals surface area contributed by atoms with Crippen LogP contribution in [0.25, 0.3) is 0 Å². The van der Waals surface area contributed by atoms with E-state index in [0.29, 0.717) is 27.9 Å². The second kappa shape index (κ2) is 9.84. The number of aliphatic imine (C=N–C) groups is 1. The number of hydrogen-bond donors (Lipinski definition) is 1. The Hall–Kier alpha value is -3.36. The first-order chi connectivity index (χ1) is 15.5. The number of carbonyl (C=O) groups excluding carboxylic acids is 2. The highest BCUT2D eigenvalue weighted by Crippen LogP contribution is 2.37. The van der Waals surface area contributed by atoms with Gasteiger partial charge in [-0.1, -0.05) is 11.6 Å². The van der Waals surface area contributed by atoms with Crippen molar-refractivity contribution in [2.45, 2.75) is 11.8 Å². The number of thioether (sulfide) groups is 1. The van der Waals surface area contributed by atoms with Crippen molar-refractivity contribution in [1.82, 2.24) is 4.98 Å². The van der Waals surface area contributed by atoms with E-state index in [4.69, 9.17) is 21.1 Å². The van der Waals surface area contributed by atoms with E-state index in [1.165, 1.54) is 18.7 Å².